The van der Waals surface area contributed by atoms with Crippen molar-refractivity contribution >= 4 is 5.78 Å². The third kappa shape index (κ3) is 0.580. The van der Waals surface area contributed by atoms with E-state index >= 15 is 0 Å². The van der Waals surface area contributed by atoms with Crippen LogP contribution in [0, 0.1) is 11.8 Å². The molecule has 0 saturated heterocycles. The minimum atomic E-state index is -2.63. The summed E-state index contributed by atoms with van der Waals surface area (Å²) in [4.78, 5) is 10.8. The second-order valence-corrected chi connectivity index (χ2v) is 3.12. The summed E-state index contributed by atoms with van der Waals surface area (Å²) in [7, 11) is 0. The molecule has 2 aliphatic rings. The Morgan fingerprint density at radius 1 is 1.50 bits per heavy atom. The molecule has 56 valence electrons. The lowest BCUT2D eigenvalue weighted by Gasteiger charge is -2.02. The van der Waals surface area contributed by atoms with Crippen molar-refractivity contribution in [1.29, 1.82) is 0 Å². The summed E-state index contributed by atoms with van der Waals surface area (Å²) in [6, 6.07) is 0. The molecule has 0 aromatic rings. The zero-order valence-corrected chi connectivity index (χ0v) is 5.44. The zero-order valence-electron chi connectivity index (χ0n) is 5.44. The first-order valence-electron chi connectivity index (χ1n) is 3.54. The normalized spacial score (nSPS) is 42.8. The van der Waals surface area contributed by atoms with Crippen molar-refractivity contribution in [1.82, 2.24) is 0 Å². The van der Waals surface area contributed by atoms with Gasteiger partial charge in [0.15, 0.2) is 0 Å². The van der Waals surface area contributed by atoms with E-state index in [2.05, 4.69) is 0 Å². The summed E-state index contributed by atoms with van der Waals surface area (Å²) >= 11 is 0. The average Bonchev–Trinajstić information content (AvgIpc) is 2.38. The topological polar surface area (TPSA) is 17.1 Å². The van der Waals surface area contributed by atoms with Crippen molar-refractivity contribution in [2.45, 2.75) is 25.2 Å². The first-order chi connectivity index (χ1) is 4.64. The van der Waals surface area contributed by atoms with Gasteiger partial charge in [-0.3, -0.25) is 4.79 Å². The van der Waals surface area contributed by atoms with Crippen LogP contribution < -0.4 is 0 Å². The number of ketones is 1. The molecule has 10 heavy (non-hydrogen) atoms. The van der Waals surface area contributed by atoms with E-state index < -0.39 is 17.8 Å². The molecule has 0 spiro atoms. The Bertz CT molecular complexity index is 188. The van der Waals surface area contributed by atoms with Crippen LogP contribution in [0.25, 0.3) is 0 Å². The molecule has 0 heterocycles. The highest BCUT2D eigenvalue weighted by Gasteiger charge is 2.71. The van der Waals surface area contributed by atoms with E-state index in [1.807, 2.05) is 0 Å². The Hall–Kier alpha value is -0.470. The lowest BCUT2D eigenvalue weighted by atomic mass is 10.00. The second kappa shape index (κ2) is 1.57. The summed E-state index contributed by atoms with van der Waals surface area (Å²) < 4.78 is 25.1. The van der Waals surface area contributed by atoms with Gasteiger partial charge in [-0.2, -0.15) is 0 Å². The highest BCUT2D eigenvalue weighted by molar-refractivity contribution is 5.86. The molecule has 0 unspecified atom stereocenters. The van der Waals surface area contributed by atoms with Crippen molar-refractivity contribution in [3.63, 3.8) is 0 Å². The Balaban J connectivity index is 2.18. The lowest BCUT2D eigenvalue weighted by molar-refractivity contribution is -0.122. The van der Waals surface area contributed by atoms with Gasteiger partial charge < -0.3 is 0 Å². The first-order valence-corrected chi connectivity index (χ1v) is 3.54. The Morgan fingerprint density at radius 2 is 2.20 bits per heavy atom. The molecule has 0 radical (unpaired) electrons. The van der Waals surface area contributed by atoms with Gasteiger partial charge in [-0.1, -0.05) is 0 Å². The fraction of sp³-hybridized carbons (Fsp3) is 0.857. The third-order valence-electron chi connectivity index (χ3n) is 2.49. The zero-order chi connectivity index (χ0) is 7.35. The van der Waals surface area contributed by atoms with Gasteiger partial charge in [0.25, 0.3) is 5.92 Å². The van der Waals surface area contributed by atoms with Crippen molar-refractivity contribution in [2.24, 2.45) is 11.8 Å². The van der Waals surface area contributed by atoms with Crippen LogP contribution in [0.15, 0.2) is 0 Å². The largest absolute Gasteiger partial charge is 0.299 e. The summed E-state index contributed by atoms with van der Waals surface area (Å²) in [6.45, 7) is 0. The molecular formula is C7H8F2O. The van der Waals surface area contributed by atoms with Gasteiger partial charge in [-0.25, -0.2) is 8.78 Å². The van der Waals surface area contributed by atoms with Gasteiger partial charge in [-0.05, 0) is 12.8 Å². The summed E-state index contributed by atoms with van der Waals surface area (Å²) in [6.07, 6.45) is 1.58. The maximum absolute atomic E-state index is 12.5. The van der Waals surface area contributed by atoms with Gasteiger partial charge in [0.1, 0.15) is 5.78 Å². The van der Waals surface area contributed by atoms with E-state index in [4.69, 9.17) is 0 Å². The molecule has 3 heteroatoms. The van der Waals surface area contributed by atoms with Crippen LogP contribution in [0.2, 0.25) is 0 Å². The molecule has 0 aromatic heterocycles. The number of hydrogen-bond donors (Lipinski definition) is 0. The predicted molar refractivity (Wildman–Crippen MR) is 30.8 cm³/mol. The van der Waals surface area contributed by atoms with Crippen LogP contribution in [0.5, 0.6) is 0 Å². The van der Waals surface area contributed by atoms with E-state index in [0.717, 1.165) is 0 Å². The monoisotopic (exact) mass is 146 g/mol. The van der Waals surface area contributed by atoms with Crippen LogP contribution in [-0.2, 0) is 4.79 Å². The number of hydrogen-bond acceptors (Lipinski definition) is 1. The van der Waals surface area contributed by atoms with E-state index in [-0.39, 0.29) is 5.78 Å². The summed E-state index contributed by atoms with van der Waals surface area (Å²) in [5.74, 6) is -4.33. The molecule has 0 N–H and O–H groups in total. The number of rotatable bonds is 0. The van der Waals surface area contributed by atoms with Gasteiger partial charge in [0.2, 0.25) is 0 Å². The van der Waals surface area contributed by atoms with Crippen molar-refractivity contribution in [3.8, 4) is 0 Å². The fourth-order valence-corrected chi connectivity index (χ4v) is 1.84. The van der Waals surface area contributed by atoms with E-state index in [1.54, 1.807) is 0 Å². The molecule has 2 atom stereocenters. The van der Waals surface area contributed by atoms with E-state index in [9.17, 15) is 13.6 Å². The van der Waals surface area contributed by atoms with E-state index in [1.165, 1.54) is 0 Å². The molecule has 2 fully saturated rings. The van der Waals surface area contributed by atoms with Gasteiger partial charge >= 0.3 is 0 Å². The highest BCUT2D eigenvalue weighted by Crippen LogP contribution is 2.60. The third-order valence-corrected chi connectivity index (χ3v) is 2.49. The molecular weight excluding hydrogens is 138 g/mol. The van der Waals surface area contributed by atoms with Crippen LogP contribution in [-0.4, -0.2) is 11.7 Å². The number of carbonyl (C=O) groups excluding carboxylic acids is 1. The Labute approximate surface area is 57.4 Å². The molecule has 0 amide bonds. The minimum Gasteiger partial charge on any atom is -0.299 e. The molecule has 0 aromatic carbocycles. The van der Waals surface area contributed by atoms with E-state index in [0.29, 0.717) is 19.3 Å². The van der Waals surface area contributed by atoms with Crippen LogP contribution in [0.4, 0.5) is 8.78 Å². The Kier molecular flexibility index (Phi) is 0.984. The lowest BCUT2D eigenvalue weighted by Crippen LogP contribution is -2.08. The number of fused-ring (bicyclic) bond motifs is 1. The number of halogens is 2. The maximum atomic E-state index is 12.5. The van der Waals surface area contributed by atoms with Gasteiger partial charge in [0.05, 0.1) is 5.92 Å². The van der Waals surface area contributed by atoms with Gasteiger partial charge in [0, 0.05) is 12.3 Å². The number of Topliss-reactive ketones (excluding diaryl/α,β-unsaturated/α-hetero) is 1. The average molecular weight is 146 g/mol. The molecule has 2 saturated carbocycles. The van der Waals surface area contributed by atoms with Crippen molar-refractivity contribution in [3.05, 3.63) is 0 Å². The van der Waals surface area contributed by atoms with Crippen LogP contribution in [0.1, 0.15) is 19.3 Å². The predicted octanol–water partition coefficient (Wildman–Crippen LogP) is 1.62. The molecule has 0 bridgehead atoms. The summed E-state index contributed by atoms with van der Waals surface area (Å²) in [5.41, 5.74) is 0. The molecule has 2 aliphatic carbocycles. The molecule has 1 nitrogen and oxygen atoms in total. The maximum Gasteiger partial charge on any atom is 0.261 e. The van der Waals surface area contributed by atoms with Gasteiger partial charge in [-0.15, -0.1) is 0 Å². The highest BCUT2D eigenvalue weighted by atomic mass is 19.3. The number of alkyl halides is 2. The van der Waals surface area contributed by atoms with Crippen molar-refractivity contribution < 1.29 is 13.6 Å². The smallest absolute Gasteiger partial charge is 0.261 e. The SMILES string of the molecule is O=C1CCC[C@H]2[C@H]1C2(F)F. The first kappa shape index (κ1) is 6.25. The standard InChI is InChI=1S/C7H8F2O/c8-7(9)4-2-1-3-5(10)6(4)7/h4,6H,1-3H2/t4-,6+/m0/s1. The van der Waals surface area contributed by atoms with Crippen molar-refractivity contribution in [2.75, 3.05) is 0 Å². The number of carbonyl (C=O) groups is 1. The minimum absolute atomic E-state index is 0.221. The Morgan fingerprint density at radius 3 is 2.70 bits per heavy atom. The second-order valence-electron chi connectivity index (χ2n) is 3.12. The fourth-order valence-electron chi connectivity index (χ4n) is 1.84. The van der Waals surface area contributed by atoms with Crippen LogP contribution in [0.3, 0.4) is 0 Å². The summed E-state index contributed by atoms with van der Waals surface area (Å²) in [5, 5.41) is 0. The quantitative estimate of drug-likeness (QED) is 0.507. The molecule has 0 aliphatic heterocycles. The van der Waals surface area contributed by atoms with Crippen LogP contribution >= 0.6 is 0 Å². The molecule has 2 rings (SSSR count).